The first-order chi connectivity index (χ1) is 27.4. The number of ketones is 3. The van der Waals surface area contributed by atoms with Gasteiger partial charge in [-0.2, -0.15) is 0 Å². The number of carbonyl (C=O) groups is 5. The van der Waals surface area contributed by atoms with Gasteiger partial charge in [0.25, 0.3) is 0 Å². The Kier molecular flexibility index (Phi) is 11.2. The molecule has 7 heteroatoms. The Hall–Kier alpha value is -2.57. The fraction of sp³-hybridized carbons (Fsp3) is 0.824. The molecule has 7 nitrogen and oxygen atoms in total. The number of Topliss-reactive ketones (excluding diaryl/α,β-unsaturated/α-hetero) is 1. The van der Waals surface area contributed by atoms with Crippen molar-refractivity contribution in [3.63, 3.8) is 0 Å². The number of ether oxygens (including phenoxy) is 2. The third kappa shape index (κ3) is 6.76. The Morgan fingerprint density at radius 2 is 1.34 bits per heavy atom. The fourth-order valence-electron chi connectivity index (χ4n) is 16.6. The third-order valence-corrected chi connectivity index (χ3v) is 19.7. The zero-order valence-corrected chi connectivity index (χ0v) is 37.1. The highest BCUT2D eigenvalue weighted by atomic mass is 16.6. The average molecular weight is 799 g/mol. The summed E-state index contributed by atoms with van der Waals surface area (Å²) in [6, 6.07) is 0. The van der Waals surface area contributed by atoms with Gasteiger partial charge in [-0.3, -0.25) is 24.0 Å². The van der Waals surface area contributed by atoms with Gasteiger partial charge in [0.2, 0.25) is 0 Å². The number of esters is 2. The van der Waals surface area contributed by atoms with Crippen molar-refractivity contribution in [1.82, 2.24) is 0 Å². The summed E-state index contributed by atoms with van der Waals surface area (Å²) < 4.78 is 12.0. The summed E-state index contributed by atoms with van der Waals surface area (Å²) in [6.45, 7) is 14.7. The van der Waals surface area contributed by atoms with E-state index in [1.807, 2.05) is 12.2 Å². The lowest BCUT2D eigenvalue weighted by atomic mass is 9.44. The van der Waals surface area contributed by atoms with Crippen molar-refractivity contribution in [2.75, 3.05) is 0 Å². The predicted molar refractivity (Wildman–Crippen MR) is 224 cm³/mol. The molecule has 0 heterocycles. The van der Waals surface area contributed by atoms with Crippen LogP contribution in [0.3, 0.4) is 0 Å². The maximum atomic E-state index is 12.8. The van der Waals surface area contributed by atoms with Crippen molar-refractivity contribution in [3.8, 4) is 0 Å². The van der Waals surface area contributed by atoms with Gasteiger partial charge in [0.05, 0.1) is 0 Å². The van der Waals surface area contributed by atoms with Crippen molar-refractivity contribution in [2.45, 2.75) is 195 Å². The molecule has 9 aliphatic rings. The van der Waals surface area contributed by atoms with Gasteiger partial charge in [0.15, 0.2) is 23.0 Å². The van der Waals surface area contributed by atoms with Crippen LogP contribution in [0.15, 0.2) is 23.3 Å². The third-order valence-electron chi connectivity index (χ3n) is 19.7. The summed E-state index contributed by atoms with van der Waals surface area (Å²) in [5.74, 6) is 5.10. The number of carbonyl (C=O) groups excluding carboxylic acids is 5. The van der Waals surface area contributed by atoms with E-state index in [1.54, 1.807) is 6.92 Å². The van der Waals surface area contributed by atoms with Crippen LogP contribution in [0.1, 0.15) is 183 Å². The van der Waals surface area contributed by atoms with Crippen molar-refractivity contribution in [1.29, 1.82) is 0 Å². The van der Waals surface area contributed by atoms with Crippen molar-refractivity contribution in [3.05, 3.63) is 23.3 Å². The highest BCUT2D eigenvalue weighted by Gasteiger charge is 2.68. The molecule has 0 unspecified atom stereocenters. The van der Waals surface area contributed by atoms with Crippen LogP contribution in [0.5, 0.6) is 0 Å². The first-order valence-electron chi connectivity index (χ1n) is 23.8. The van der Waals surface area contributed by atoms with Gasteiger partial charge in [-0.15, -0.1) is 0 Å². The molecule has 0 aliphatic heterocycles. The largest absolute Gasteiger partial charge is 0.462 e. The lowest BCUT2D eigenvalue weighted by molar-refractivity contribution is -0.187. The molecule has 0 N–H and O–H groups in total. The summed E-state index contributed by atoms with van der Waals surface area (Å²) in [7, 11) is 0. The number of hydrogen-bond acceptors (Lipinski definition) is 7. The van der Waals surface area contributed by atoms with Gasteiger partial charge in [-0.1, -0.05) is 71.4 Å². The zero-order valence-electron chi connectivity index (χ0n) is 37.1. The molecule has 13 atom stereocenters. The molecule has 0 bridgehead atoms. The van der Waals surface area contributed by atoms with E-state index in [0.29, 0.717) is 60.6 Å². The second-order valence-corrected chi connectivity index (χ2v) is 22.2. The molecule has 0 saturated heterocycles. The smallest absolute Gasteiger partial charge is 0.306 e. The van der Waals surface area contributed by atoms with Gasteiger partial charge in [-0.25, -0.2) is 0 Å². The molecule has 0 aromatic carbocycles. The van der Waals surface area contributed by atoms with Gasteiger partial charge < -0.3 is 9.47 Å². The second-order valence-electron chi connectivity index (χ2n) is 22.2. The van der Waals surface area contributed by atoms with Crippen LogP contribution in [0, 0.1) is 69.0 Å². The lowest BCUT2D eigenvalue weighted by Gasteiger charge is -2.60. The topological polar surface area (TPSA) is 104 Å². The second kappa shape index (κ2) is 15.4. The van der Waals surface area contributed by atoms with Gasteiger partial charge in [0.1, 0.15) is 6.10 Å². The monoisotopic (exact) mass is 799 g/mol. The SMILES string of the molecule is CC(=O)O[C@]1(C(C)=O)CC[C@H]2[C@@H]3C[C@H](C)C4=CC(=O)CC[C@]4(C)[C@H]3CC[C@@]21C.C[C@]12CC[C@H]3[C@@H](CCC4=CC(=O)CC[C@@]43C)[C@@H]1CC[C@@H]2OC(=O)CCC1CCCC1. The molecule has 9 aliphatic carbocycles. The molecule has 320 valence electrons. The van der Waals surface area contributed by atoms with E-state index in [4.69, 9.17) is 9.47 Å². The molecule has 0 aromatic heterocycles. The maximum Gasteiger partial charge on any atom is 0.306 e. The van der Waals surface area contributed by atoms with Gasteiger partial charge in [0, 0.05) is 37.0 Å². The number of fused-ring (bicyclic) bond motifs is 10. The summed E-state index contributed by atoms with van der Waals surface area (Å²) in [5, 5.41) is 0. The Bertz CT molecular complexity index is 1750. The molecule has 0 amide bonds. The van der Waals surface area contributed by atoms with Crippen molar-refractivity contribution < 1.29 is 33.4 Å². The minimum atomic E-state index is -0.961. The Labute approximate surface area is 349 Å². The van der Waals surface area contributed by atoms with Crippen LogP contribution in [-0.4, -0.2) is 41.0 Å². The highest BCUT2D eigenvalue weighted by Crippen LogP contribution is 2.70. The van der Waals surface area contributed by atoms with E-state index in [0.717, 1.165) is 76.0 Å². The number of rotatable bonds is 6. The zero-order chi connectivity index (χ0) is 41.4. The molecule has 58 heavy (non-hydrogen) atoms. The maximum absolute atomic E-state index is 12.8. The van der Waals surface area contributed by atoms with Crippen molar-refractivity contribution >= 4 is 29.3 Å². The molecule has 0 spiro atoms. The van der Waals surface area contributed by atoms with Crippen LogP contribution in [0.4, 0.5) is 0 Å². The van der Waals surface area contributed by atoms with Crippen LogP contribution in [0.2, 0.25) is 0 Å². The van der Waals surface area contributed by atoms with E-state index in [1.165, 1.54) is 69.4 Å². The van der Waals surface area contributed by atoms with E-state index in [9.17, 15) is 24.0 Å². The quantitative estimate of drug-likeness (QED) is 0.246. The molecule has 0 radical (unpaired) electrons. The fourth-order valence-corrected chi connectivity index (χ4v) is 16.6. The Morgan fingerprint density at radius 1 is 0.690 bits per heavy atom. The molecular weight excluding hydrogens is 725 g/mol. The molecular formula is C51H74O7. The Morgan fingerprint density at radius 3 is 2.05 bits per heavy atom. The number of allylic oxidation sites excluding steroid dienone is 2. The van der Waals surface area contributed by atoms with Crippen LogP contribution in [0.25, 0.3) is 0 Å². The summed E-state index contributed by atoms with van der Waals surface area (Å²) in [5.41, 5.74) is 2.05. The normalized spacial score (nSPS) is 45.4. The minimum Gasteiger partial charge on any atom is -0.462 e. The van der Waals surface area contributed by atoms with E-state index < -0.39 is 5.60 Å². The first kappa shape index (κ1) is 42.1. The summed E-state index contributed by atoms with van der Waals surface area (Å²) in [6.07, 6.45) is 26.0. The molecule has 7 saturated carbocycles. The van der Waals surface area contributed by atoms with Crippen molar-refractivity contribution in [2.24, 2.45) is 69.0 Å². The molecule has 0 aromatic rings. The predicted octanol–water partition coefficient (Wildman–Crippen LogP) is 11.1. The first-order valence-corrected chi connectivity index (χ1v) is 23.8. The van der Waals surface area contributed by atoms with Gasteiger partial charge in [-0.05, 0) is 167 Å². The van der Waals surface area contributed by atoms with E-state index in [2.05, 4.69) is 34.6 Å². The highest BCUT2D eigenvalue weighted by molar-refractivity contribution is 5.92. The standard InChI is InChI=1S/C27H40O3.C24H34O4/c1-26-15-13-20(28)17-19(26)8-9-21-22-10-11-24(27(22,2)16-14-23(21)26)30-25(29)12-7-18-5-3-4-6-18;1-14-12-18-19(22(4)9-6-17(27)13-21(14)22)7-10-23(5)20(18)8-11-24(23,15(2)25)28-16(3)26/h17-18,21-24H,3-16H2,1-2H3;13-14,18-20H,6-12H2,1-5H3/t21-,22-,23-,24-,26-,27-;14-,18+,19-,20-,22+,23-,24-/m00/s1. The molecule has 9 rings (SSSR count). The number of hydrogen-bond donors (Lipinski definition) is 0. The van der Waals surface area contributed by atoms with E-state index >= 15 is 0 Å². The van der Waals surface area contributed by atoms with Crippen LogP contribution < -0.4 is 0 Å². The van der Waals surface area contributed by atoms with Crippen LogP contribution in [-0.2, 0) is 33.4 Å². The van der Waals surface area contributed by atoms with Crippen LogP contribution >= 0.6 is 0 Å². The molecule has 7 fully saturated rings. The minimum absolute atomic E-state index is 0.00469. The van der Waals surface area contributed by atoms with Gasteiger partial charge >= 0.3 is 11.9 Å². The van der Waals surface area contributed by atoms with E-state index in [-0.39, 0.29) is 51.3 Å². The Balaban J connectivity index is 0.000000162. The average Bonchev–Trinajstić information content (AvgIpc) is 3.89. The lowest BCUT2D eigenvalue weighted by Crippen LogP contribution is -2.59. The summed E-state index contributed by atoms with van der Waals surface area (Å²) >= 11 is 0. The summed E-state index contributed by atoms with van der Waals surface area (Å²) in [4.78, 5) is 61.5.